The molecule has 10 aromatic carbocycles. The molecule has 1 spiro atoms. The molecule has 1 heteroatoms. The molecule has 60 heavy (non-hydrogen) atoms. The lowest BCUT2D eigenvalue weighted by Gasteiger charge is -2.32. The summed E-state index contributed by atoms with van der Waals surface area (Å²) in [6, 6.07) is 87.2. The smallest absolute Gasteiger partial charge is 0.0725 e. The largest absolute Gasteiger partial charge is 0.310 e. The van der Waals surface area contributed by atoms with Crippen LogP contribution in [0.25, 0.3) is 66.4 Å². The van der Waals surface area contributed by atoms with Crippen LogP contribution in [0.2, 0.25) is 0 Å². The Morgan fingerprint density at radius 1 is 0.283 bits per heavy atom. The van der Waals surface area contributed by atoms with Crippen molar-refractivity contribution in [3.8, 4) is 55.6 Å². The third kappa shape index (κ3) is 5.13. The average molecular weight is 762 g/mol. The Morgan fingerprint density at radius 2 is 0.767 bits per heavy atom. The van der Waals surface area contributed by atoms with Gasteiger partial charge in [-0.25, -0.2) is 0 Å². The number of anilines is 3. The van der Waals surface area contributed by atoms with E-state index in [1.807, 2.05) is 0 Å². The van der Waals surface area contributed by atoms with Crippen LogP contribution in [0.4, 0.5) is 17.1 Å². The molecule has 0 unspecified atom stereocenters. The van der Waals surface area contributed by atoms with E-state index in [2.05, 4.69) is 241 Å². The molecule has 0 aromatic heterocycles. The molecule has 0 radical (unpaired) electrons. The zero-order valence-electron chi connectivity index (χ0n) is 33.0. The third-order valence-electron chi connectivity index (χ3n) is 12.9. The zero-order valence-corrected chi connectivity index (χ0v) is 33.0. The Balaban J connectivity index is 1.08. The summed E-state index contributed by atoms with van der Waals surface area (Å²) in [6.45, 7) is 0. The number of benzene rings is 10. The van der Waals surface area contributed by atoms with Crippen molar-refractivity contribution in [1.82, 2.24) is 0 Å². The molecule has 0 amide bonds. The summed E-state index contributed by atoms with van der Waals surface area (Å²) in [7, 11) is 0. The molecular weight excluding hydrogens is 723 g/mol. The number of fused-ring (bicyclic) bond motifs is 11. The summed E-state index contributed by atoms with van der Waals surface area (Å²) in [5.74, 6) is 0. The van der Waals surface area contributed by atoms with E-state index in [1.165, 1.54) is 88.7 Å². The number of nitrogens with zero attached hydrogens (tertiary/aromatic N) is 1. The molecule has 10 aromatic rings. The van der Waals surface area contributed by atoms with Gasteiger partial charge in [-0.2, -0.15) is 0 Å². The third-order valence-corrected chi connectivity index (χ3v) is 12.9. The van der Waals surface area contributed by atoms with Crippen molar-refractivity contribution in [3.63, 3.8) is 0 Å². The Bertz CT molecular complexity index is 3210. The summed E-state index contributed by atoms with van der Waals surface area (Å²) in [4.78, 5) is 2.48. The van der Waals surface area contributed by atoms with E-state index < -0.39 is 5.41 Å². The van der Waals surface area contributed by atoms with Crippen LogP contribution in [-0.2, 0) is 5.41 Å². The number of rotatable bonds is 6. The topological polar surface area (TPSA) is 3.24 Å². The van der Waals surface area contributed by atoms with Crippen molar-refractivity contribution >= 4 is 27.8 Å². The highest BCUT2D eigenvalue weighted by molar-refractivity contribution is 6.06. The van der Waals surface area contributed by atoms with Crippen molar-refractivity contribution in [2.45, 2.75) is 5.41 Å². The van der Waals surface area contributed by atoms with Gasteiger partial charge in [0.1, 0.15) is 0 Å². The molecule has 1 nitrogen and oxygen atoms in total. The predicted octanol–water partition coefficient (Wildman–Crippen LogP) is 15.7. The molecule has 2 aliphatic rings. The first-order valence-corrected chi connectivity index (χ1v) is 20.8. The van der Waals surface area contributed by atoms with E-state index in [1.54, 1.807) is 0 Å². The minimum atomic E-state index is -0.392. The lowest BCUT2D eigenvalue weighted by atomic mass is 9.70. The molecule has 12 rings (SSSR count). The van der Waals surface area contributed by atoms with Crippen molar-refractivity contribution < 1.29 is 0 Å². The molecular formula is C59H39N. The second kappa shape index (κ2) is 13.7. The van der Waals surface area contributed by atoms with Gasteiger partial charge in [0.05, 0.1) is 11.1 Å². The maximum absolute atomic E-state index is 2.48. The van der Waals surface area contributed by atoms with E-state index in [4.69, 9.17) is 0 Å². The van der Waals surface area contributed by atoms with E-state index in [9.17, 15) is 0 Å². The van der Waals surface area contributed by atoms with Gasteiger partial charge in [0.15, 0.2) is 0 Å². The molecule has 0 saturated heterocycles. The molecule has 2 aliphatic carbocycles. The Morgan fingerprint density at radius 3 is 1.42 bits per heavy atom. The Kier molecular flexibility index (Phi) is 7.83. The van der Waals surface area contributed by atoms with Gasteiger partial charge in [0.2, 0.25) is 0 Å². The quantitative estimate of drug-likeness (QED) is 0.163. The van der Waals surface area contributed by atoms with E-state index in [0.29, 0.717) is 0 Å². The van der Waals surface area contributed by atoms with Crippen LogP contribution in [0.5, 0.6) is 0 Å². The molecule has 280 valence electrons. The summed E-state index contributed by atoms with van der Waals surface area (Å²) in [5, 5.41) is 2.45. The van der Waals surface area contributed by atoms with Gasteiger partial charge < -0.3 is 4.90 Å². The van der Waals surface area contributed by atoms with Gasteiger partial charge in [0.25, 0.3) is 0 Å². The second-order valence-electron chi connectivity index (χ2n) is 16.0. The monoisotopic (exact) mass is 761 g/mol. The maximum Gasteiger partial charge on any atom is 0.0725 e. The highest BCUT2D eigenvalue weighted by Gasteiger charge is 2.51. The van der Waals surface area contributed by atoms with Crippen molar-refractivity contribution in [1.29, 1.82) is 0 Å². The van der Waals surface area contributed by atoms with Crippen LogP contribution >= 0.6 is 0 Å². The molecule has 0 saturated carbocycles. The van der Waals surface area contributed by atoms with Crippen LogP contribution < -0.4 is 4.90 Å². The molecule has 0 aliphatic heterocycles. The first-order chi connectivity index (χ1) is 29.8. The van der Waals surface area contributed by atoms with Crippen LogP contribution in [0.15, 0.2) is 237 Å². The van der Waals surface area contributed by atoms with Gasteiger partial charge in [-0.3, -0.25) is 0 Å². The van der Waals surface area contributed by atoms with E-state index >= 15 is 0 Å². The molecule has 0 bridgehead atoms. The number of hydrogen-bond donors (Lipinski definition) is 0. The second-order valence-corrected chi connectivity index (χ2v) is 16.0. The average Bonchev–Trinajstić information content (AvgIpc) is 3.79. The lowest BCUT2D eigenvalue weighted by Crippen LogP contribution is -2.25. The molecule has 0 N–H and O–H groups in total. The summed E-state index contributed by atoms with van der Waals surface area (Å²) in [6.07, 6.45) is 0. The molecule has 0 heterocycles. The van der Waals surface area contributed by atoms with Gasteiger partial charge in [-0.15, -0.1) is 0 Å². The van der Waals surface area contributed by atoms with Crippen LogP contribution in [-0.4, -0.2) is 0 Å². The van der Waals surface area contributed by atoms with Crippen LogP contribution in [0, 0.1) is 0 Å². The first kappa shape index (κ1) is 34.3. The van der Waals surface area contributed by atoms with Crippen LogP contribution in [0.3, 0.4) is 0 Å². The minimum Gasteiger partial charge on any atom is -0.310 e. The van der Waals surface area contributed by atoms with Crippen molar-refractivity contribution in [3.05, 3.63) is 259 Å². The normalized spacial score (nSPS) is 12.8. The highest BCUT2D eigenvalue weighted by atomic mass is 15.1. The fourth-order valence-electron chi connectivity index (χ4n) is 10.3. The fraction of sp³-hybridized carbons (Fsp3) is 0.0169. The highest BCUT2D eigenvalue weighted by Crippen LogP contribution is 2.63. The predicted molar refractivity (Wildman–Crippen MR) is 251 cm³/mol. The van der Waals surface area contributed by atoms with Gasteiger partial charge >= 0.3 is 0 Å². The van der Waals surface area contributed by atoms with E-state index in [-0.39, 0.29) is 0 Å². The fourth-order valence-corrected chi connectivity index (χ4v) is 10.3. The van der Waals surface area contributed by atoms with Gasteiger partial charge in [-0.05, 0) is 119 Å². The minimum absolute atomic E-state index is 0.392. The summed E-state index contributed by atoms with van der Waals surface area (Å²) >= 11 is 0. The number of hydrogen-bond acceptors (Lipinski definition) is 1. The summed E-state index contributed by atoms with van der Waals surface area (Å²) in [5.41, 5.74) is 20.8. The zero-order chi connectivity index (χ0) is 39.6. The van der Waals surface area contributed by atoms with Crippen molar-refractivity contribution in [2.75, 3.05) is 4.90 Å². The standard InChI is InChI=1S/C59H39N/c1-3-16-40(17-4-1)44-21-15-22-45(38-44)41-30-33-46(34-31-41)60(57-37-32-42-18-7-8-23-48(42)58(57)43-19-5-2-6-20-43)47-35-36-56-52(39-47)51-26-11-14-29-55(51)59(56)53-27-12-9-24-49(53)50-25-10-13-28-54(50)59/h1-39H. The SMILES string of the molecule is c1ccc(-c2cccc(-c3ccc(N(c4ccc5c(c4)-c4ccccc4C54c5ccccc5-c5ccccc54)c4ccc5ccccc5c4-c4ccccc4)cc3)c2)cc1. The van der Waals surface area contributed by atoms with Gasteiger partial charge in [-0.1, -0.05) is 200 Å². The van der Waals surface area contributed by atoms with Crippen LogP contribution in [0.1, 0.15) is 22.3 Å². The summed E-state index contributed by atoms with van der Waals surface area (Å²) < 4.78 is 0. The van der Waals surface area contributed by atoms with Crippen molar-refractivity contribution in [2.24, 2.45) is 0 Å². The lowest BCUT2D eigenvalue weighted by molar-refractivity contribution is 0.794. The Hall–Kier alpha value is -7.74. The Labute approximate surface area is 351 Å². The first-order valence-electron chi connectivity index (χ1n) is 20.8. The van der Waals surface area contributed by atoms with Gasteiger partial charge in [0, 0.05) is 16.9 Å². The molecule has 0 atom stereocenters. The maximum atomic E-state index is 2.48. The molecule has 0 fully saturated rings. The van der Waals surface area contributed by atoms with E-state index in [0.717, 1.165) is 17.1 Å².